The SMILES string of the molecule is CN(C(=O)Nc1ccc(Cl)cc1)C1CCS(=O)(=O)C1. The van der Waals surface area contributed by atoms with Crippen LogP contribution in [0.5, 0.6) is 0 Å². The third-order valence-electron chi connectivity index (χ3n) is 3.17. The van der Waals surface area contributed by atoms with Crippen LogP contribution in [0.15, 0.2) is 24.3 Å². The maximum absolute atomic E-state index is 12.0. The Kier molecular flexibility index (Phi) is 4.01. The molecule has 1 heterocycles. The van der Waals surface area contributed by atoms with Crippen molar-refractivity contribution in [3.63, 3.8) is 0 Å². The Morgan fingerprint density at radius 1 is 1.37 bits per heavy atom. The number of rotatable bonds is 2. The van der Waals surface area contributed by atoms with Gasteiger partial charge in [0.1, 0.15) is 0 Å². The van der Waals surface area contributed by atoms with Gasteiger partial charge in [0, 0.05) is 23.8 Å². The van der Waals surface area contributed by atoms with Crippen LogP contribution in [0.25, 0.3) is 0 Å². The maximum Gasteiger partial charge on any atom is 0.321 e. The summed E-state index contributed by atoms with van der Waals surface area (Å²) in [5.74, 6) is 0.188. The van der Waals surface area contributed by atoms with Gasteiger partial charge in [-0.1, -0.05) is 11.6 Å². The first-order valence-corrected chi connectivity index (χ1v) is 8.07. The molecular weight excluding hydrogens is 288 g/mol. The van der Waals surface area contributed by atoms with Crippen molar-refractivity contribution in [2.45, 2.75) is 12.5 Å². The number of hydrogen-bond donors (Lipinski definition) is 1. The molecule has 2 rings (SSSR count). The topological polar surface area (TPSA) is 66.5 Å². The highest BCUT2D eigenvalue weighted by molar-refractivity contribution is 7.91. The van der Waals surface area contributed by atoms with Gasteiger partial charge in [-0.2, -0.15) is 0 Å². The van der Waals surface area contributed by atoms with Crippen LogP contribution in [-0.2, 0) is 9.84 Å². The Morgan fingerprint density at radius 2 is 2.00 bits per heavy atom. The molecule has 1 atom stereocenters. The van der Waals surface area contributed by atoms with Gasteiger partial charge in [-0.05, 0) is 30.7 Å². The molecule has 0 radical (unpaired) electrons. The van der Waals surface area contributed by atoms with Gasteiger partial charge in [0.05, 0.1) is 11.5 Å². The fraction of sp³-hybridized carbons (Fsp3) is 0.417. The molecular formula is C12H15ClN2O3S. The summed E-state index contributed by atoms with van der Waals surface area (Å²) in [6.45, 7) is 0. The van der Waals surface area contributed by atoms with Gasteiger partial charge >= 0.3 is 6.03 Å². The average molecular weight is 303 g/mol. The van der Waals surface area contributed by atoms with E-state index < -0.39 is 9.84 Å². The molecule has 0 aromatic heterocycles. The number of nitrogens with one attached hydrogen (secondary N) is 1. The summed E-state index contributed by atoms with van der Waals surface area (Å²) < 4.78 is 22.8. The molecule has 1 saturated heterocycles. The summed E-state index contributed by atoms with van der Waals surface area (Å²) in [6.07, 6.45) is 0.493. The number of sulfone groups is 1. The number of carbonyl (C=O) groups excluding carboxylic acids is 1. The second-order valence-corrected chi connectivity index (χ2v) is 7.27. The molecule has 1 unspecified atom stereocenters. The van der Waals surface area contributed by atoms with E-state index in [1.54, 1.807) is 31.3 Å². The minimum Gasteiger partial charge on any atom is -0.324 e. The van der Waals surface area contributed by atoms with E-state index >= 15 is 0 Å². The third-order valence-corrected chi connectivity index (χ3v) is 5.17. The van der Waals surface area contributed by atoms with Gasteiger partial charge < -0.3 is 10.2 Å². The fourth-order valence-electron chi connectivity index (χ4n) is 1.99. The molecule has 1 aliphatic rings. The zero-order valence-corrected chi connectivity index (χ0v) is 12.0. The van der Waals surface area contributed by atoms with Gasteiger partial charge in [0.25, 0.3) is 0 Å². The lowest BCUT2D eigenvalue weighted by Gasteiger charge is -2.23. The second-order valence-electron chi connectivity index (χ2n) is 4.60. The first kappa shape index (κ1) is 14.1. The van der Waals surface area contributed by atoms with E-state index in [1.807, 2.05) is 0 Å². The first-order chi connectivity index (χ1) is 8.87. The van der Waals surface area contributed by atoms with Crippen molar-refractivity contribution >= 4 is 33.2 Å². The molecule has 0 saturated carbocycles. The van der Waals surface area contributed by atoms with Crippen molar-refractivity contribution in [1.29, 1.82) is 0 Å². The van der Waals surface area contributed by atoms with Crippen molar-refractivity contribution in [2.75, 3.05) is 23.9 Å². The van der Waals surface area contributed by atoms with Crippen LogP contribution >= 0.6 is 11.6 Å². The summed E-state index contributed by atoms with van der Waals surface area (Å²) in [7, 11) is -1.38. The Balaban J connectivity index is 1.98. The molecule has 104 valence electrons. The smallest absolute Gasteiger partial charge is 0.321 e. The van der Waals surface area contributed by atoms with Gasteiger partial charge in [-0.3, -0.25) is 0 Å². The highest BCUT2D eigenvalue weighted by Gasteiger charge is 2.32. The highest BCUT2D eigenvalue weighted by atomic mass is 35.5. The summed E-state index contributed by atoms with van der Waals surface area (Å²) in [6, 6.07) is 6.18. The predicted octanol–water partition coefficient (Wildman–Crippen LogP) is 1.99. The lowest BCUT2D eigenvalue weighted by molar-refractivity contribution is 0.209. The lowest BCUT2D eigenvalue weighted by atomic mass is 10.2. The fourth-order valence-corrected chi connectivity index (χ4v) is 3.89. The van der Waals surface area contributed by atoms with Crippen LogP contribution in [0.3, 0.4) is 0 Å². The zero-order valence-electron chi connectivity index (χ0n) is 10.5. The zero-order chi connectivity index (χ0) is 14.0. The van der Waals surface area contributed by atoms with Crippen LogP contribution in [0.1, 0.15) is 6.42 Å². The number of benzene rings is 1. The van der Waals surface area contributed by atoms with E-state index in [0.717, 1.165) is 0 Å². The van der Waals surface area contributed by atoms with Crippen LogP contribution in [0, 0.1) is 0 Å². The predicted molar refractivity (Wildman–Crippen MR) is 75.3 cm³/mol. The molecule has 7 heteroatoms. The number of nitrogens with zero attached hydrogens (tertiary/aromatic N) is 1. The Labute approximate surface area is 117 Å². The highest BCUT2D eigenvalue weighted by Crippen LogP contribution is 2.18. The normalized spacial score (nSPS) is 21.1. The Bertz CT molecular complexity index is 571. The molecule has 1 aromatic rings. The minimum atomic E-state index is -2.99. The van der Waals surface area contributed by atoms with Crippen molar-refractivity contribution < 1.29 is 13.2 Å². The van der Waals surface area contributed by atoms with Crippen molar-refractivity contribution in [1.82, 2.24) is 4.90 Å². The molecule has 2 amide bonds. The van der Waals surface area contributed by atoms with Gasteiger partial charge in [0.2, 0.25) is 0 Å². The quantitative estimate of drug-likeness (QED) is 0.908. The second kappa shape index (κ2) is 5.38. The molecule has 0 spiro atoms. The number of carbonyl (C=O) groups is 1. The van der Waals surface area contributed by atoms with Gasteiger partial charge in [-0.25, -0.2) is 13.2 Å². The van der Waals surface area contributed by atoms with Gasteiger partial charge in [-0.15, -0.1) is 0 Å². The Hall–Kier alpha value is -1.27. The van der Waals surface area contributed by atoms with Crippen LogP contribution in [0.4, 0.5) is 10.5 Å². The number of halogens is 1. The summed E-state index contributed by atoms with van der Waals surface area (Å²) in [5, 5.41) is 3.30. The van der Waals surface area contributed by atoms with E-state index in [4.69, 9.17) is 11.6 Å². The van der Waals surface area contributed by atoms with E-state index in [2.05, 4.69) is 5.32 Å². The molecule has 1 aliphatic heterocycles. The van der Waals surface area contributed by atoms with Crippen LogP contribution < -0.4 is 5.32 Å². The molecule has 0 bridgehead atoms. The maximum atomic E-state index is 12.0. The summed E-state index contributed by atoms with van der Waals surface area (Å²) >= 11 is 5.76. The molecule has 1 fully saturated rings. The number of hydrogen-bond acceptors (Lipinski definition) is 3. The molecule has 5 nitrogen and oxygen atoms in total. The van der Waals surface area contributed by atoms with E-state index in [-0.39, 0.29) is 23.6 Å². The summed E-state index contributed by atoms with van der Waals surface area (Å²) in [5.41, 5.74) is 0.627. The third kappa shape index (κ3) is 3.61. The summed E-state index contributed by atoms with van der Waals surface area (Å²) in [4.78, 5) is 13.4. The molecule has 0 aliphatic carbocycles. The monoisotopic (exact) mass is 302 g/mol. The largest absolute Gasteiger partial charge is 0.324 e. The van der Waals surface area contributed by atoms with Crippen molar-refractivity contribution in [2.24, 2.45) is 0 Å². The standard InChI is InChI=1S/C12H15ClN2O3S/c1-15(11-6-7-19(17,18)8-11)12(16)14-10-4-2-9(13)3-5-10/h2-5,11H,6-8H2,1H3,(H,14,16). The molecule has 1 aromatic carbocycles. The van der Waals surface area contributed by atoms with E-state index in [0.29, 0.717) is 17.1 Å². The van der Waals surface area contributed by atoms with Crippen molar-refractivity contribution in [3.05, 3.63) is 29.3 Å². The minimum absolute atomic E-state index is 0.0392. The van der Waals surface area contributed by atoms with Crippen LogP contribution in [-0.4, -0.2) is 43.9 Å². The van der Waals surface area contributed by atoms with Gasteiger partial charge in [0.15, 0.2) is 9.84 Å². The van der Waals surface area contributed by atoms with Crippen molar-refractivity contribution in [3.8, 4) is 0 Å². The molecule has 19 heavy (non-hydrogen) atoms. The number of anilines is 1. The van der Waals surface area contributed by atoms with E-state index in [1.165, 1.54) is 4.90 Å². The van der Waals surface area contributed by atoms with E-state index in [9.17, 15) is 13.2 Å². The van der Waals surface area contributed by atoms with Crippen LogP contribution in [0.2, 0.25) is 5.02 Å². The molecule has 1 N–H and O–H groups in total. The Morgan fingerprint density at radius 3 is 2.53 bits per heavy atom. The number of amides is 2. The number of urea groups is 1. The average Bonchev–Trinajstić information content (AvgIpc) is 2.71. The lowest BCUT2D eigenvalue weighted by Crippen LogP contribution is -2.40. The first-order valence-electron chi connectivity index (χ1n) is 5.87.